The molecule has 0 spiro atoms. The smallest absolute Gasteiger partial charge is 0.251 e. The van der Waals surface area contributed by atoms with E-state index in [2.05, 4.69) is 10.2 Å². The largest absolute Gasteiger partial charge is 0.397 e. The molecule has 110 valence electrons. The summed E-state index contributed by atoms with van der Waals surface area (Å²) in [5, 5.41) is 11.8. The van der Waals surface area contributed by atoms with E-state index >= 15 is 0 Å². The molecular weight excluding hydrogens is 254 g/mol. The van der Waals surface area contributed by atoms with Crippen LogP contribution in [0, 0.1) is 5.92 Å². The van der Waals surface area contributed by atoms with Crippen LogP contribution >= 0.6 is 0 Å². The van der Waals surface area contributed by atoms with Gasteiger partial charge < -0.3 is 21.1 Å². The van der Waals surface area contributed by atoms with Crippen molar-refractivity contribution >= 4 is 17.3 Å². The highest BCUT2D eigenvalue weighted by molar-refractivity contribution is 5.96. The minimum absolute atomic E-state index is 0.0696. The number of carbonyl (C=O) groups is 1. The summed E-state index contributed by atoms with van der Waals surface area (Å²) in [6.07, 6.45) is 1.89. The molecule has 0 saturated carbocycles. The zero-order chi connectivity index (χ0) is 14.5. The Balaban J connectivity index is 2.15. The van der Waals surface area contributed by atoms with E-state index in [9.17, 15) is 4.79 Å². The van der Waals surface area contributed by atoms with E-state index < -0.39 is 0 Å². The number of benzene rings is 1. The van der Waals surface area contributed by atoms with Crippen LogP contribution in [0.3, 0.4) is 0 Å². The summed E-state index contributed by atoms with van der Waals surface area (Å²) in [7, 11) is 0. The van der Waals surface area contributed by atoms with E-state index in [0.717, 1.165) is 31.6 Å². The molecule has 1 fully saturated rings. The Hall–Kier alpha value is -1.75. The normalized spacial score (nSPS) is 18.3. The number of carbonyl (C=O) groups excluding carboxylic acids is 1. The van der Waals surface area contributed by atoms with Crippen LogP contribution in [0.2, 0.25) is 0 Å². The minimum Gasteiger partial charge on any atom is -0.397 e. The van der Waals surface area contributed by atoms with Crippen molar-refractivity contribution in [1.29, 1.82) is 0 Å². The Kier molecular flexibility index (Phi) is 4.84. The number of nitrogens with one attached hydrogen (secondary N) is 1. The zero-order valence-electron chi connectivity index (χ0n) is 11.9. The average Bonchev–Trinajstić information content (AvgIpc) is 2.88. The van der Waals surface area contributed by atoms with Gasteiger partial charge in [0.25, 0.3) is 5.91 Å². The van der Waals surface area contributed by atoms with Crippen molar-refractivity contribution in [1.82, 2.24) is 5.32 Å². The fourth-order valence-electron chi connectivity index (χ4n) is 2.69. The van der Waals surface area contributed by atoms with Gasteiger partial charge in [0, 0.05) is 31.8 Å². The maximum Gasteiger partial charge on any atom is 0.251 e. The first kappa shape index (κ1) is 14.7. The maximum atomic E-state index is 11.9. The van der Waals surface area contributed by atoms with Gasteiger partial charge in [-0.2, -0.15) is 0 Å². The highest BCUT2D eigenvalue weighted by atomic mass is 16.3. The lowest BCUT2D eigenvalue weighted by Gasteiger charge is -2.21. The van der Waals surface area contributed by atoms with Crippen molar-refractivity contribution in [3.05, 3.63) is 23.8 Å². The number of amides is 1. The Labute approximate surface area is 119 Å². The predicted molar refractivity (Wildman–Crippen MR) is 80.9 cm³/mol. The quantitative estimate of drug-likeness (QED) is 0.707. The molecular formula is C15H23N3O2. The van der Waals surface area contributed by atoms with Crippen LogP contribution in [-0.4, -0.2) is 37.3 Å². The number of aliphatic hydroxyl groups is 1. The van der Waals surface area contributed by atoms with Crippen molar-refractivity contribution in [2.75, 3.05) is 36.9 Å². The summed E-state index contributed by atoms with van der Waals surface area (Å²) in [5.74, 6) is 0.437. The van der Waals surface area contributed by atoms with Crippen LogP contribution < -0.4 is 16.0 Å². The first-order chi connectivity index (χ1) is 9.65. The molecule has 1 aromatic rings. The summed E-state index contributed by atoms with van der Waals surface area (Å²) in [6, 6.07) is 5.41. The molecule has 0 aliphatic carbocycles. The minimum atomic E-state index is -0.0696. The second-order valence-electron chi connectivity index (χ2n) is 5.25. The van der Waals surface area contributed by atoms with E-state index in [1.54, 1.807) is 12.1 Å². The Morgan fingerprint density at radius 1 is 1.55 bits per heavy atom. The van der Waals surface area contributed by atoms with Gasteiger partial charge in [-0.15, -0.1) is 0 Å². The maximum absolute atomic E-state index is 11.9. The first-order valence-corrected chi connectivity index (χ1v) is 7.19. The van der Waals surface area contributed by atoms with Gasteiger partial charge in [-0.1, -0.05) is 0 Å². The molecule has 1 unspecified atom stereocenters. The summed E-state index contributed by atoms with van der Waals surface area (Å²) in [4.78, 5) is 14.1. The molecule has 0 bridgehead atoms. The second kappa shape index (κ2) is 6.61. The lowest BCUT2D eigenvalue weighted by molar-refractivity contribution is 0.0956. The number of hydrogen-bond donors (Lipinski definition) is 3. The van der Waals surface area contributed by atoms with E-state index in [-0.39, 0.29) is 12.5 Å². The molecule has 1 atom stereocenters. The number of nitrogens with zero attached hydrogens (tertiary/aromatic N) is 1. The fraction of sp³-hybridized carbons (Fsp3) is 0.533. The van der Waals surface area contributed by atoms with Gasteiger partial charge in [-0.3, -0.25) is 4.79 Å². The van der Waals surface area contributed by atoms with Gasteiger partial charge in [0.15, 0.2) is 0 Å². The lowest BCUT2D eigenvalue weighted by atomic mass is 10.1. The van der Waals surface area contributed by atoms with Crippen LogP contribution in [0.4, 0.5) is 11.4 Å². The van der Waals surface area contributed by atoms with Crippen LogP contribution in [-0.2, 0) is 0 Å². The van der Waals surface area contributed by atoms with Gasteiger partial charge in [0.2, 0.25) is 0 Å². The van der Waals surface area contributed by atoms with Crippen LogP contribution in [0.5, 0.6) is 0 Å². The van der Waals surface area contributed by atoms with E-state index in [1.807, 2.05) is 13.0 Å². The van der Waals surface area contributed by atoms with Crippen LogP contribution in [0.1, 0.15) is 30.1 Å². The van der Waals surface area contributed by atoms with E-state index in [4.69, 9.17) is 10.8 Å². The standard InChI is InChI=1S/C15H23N3O2/c1-2-17-15(20)12-3-4-13(16)14(9-12)18-7-5-11(10-18)6-8-19/h3-4,9,11,19H,2,5-8,10,16H2,1H3,(H,17,20). The van der Waals surface area contributed by atoms with Gasteiger partial charge in [-0.25, -0.2) is 0 Å². The van der Waals surface area contributed by atoms with Crippen molar-refractivity contribution < 1.29 is 9.90 Å². The van der Waals surface area contributed by atoms with Gasteiger partial charge in [-0.05, 0) is 43.9 Å². The Bertz CT molecular complexity index is 476. The van der Waals surface area contributed by atoms with Gasteiger partial charge in [0.1, 0.15) is 0 Å². The van der Waals surface area contributed by atoms with Crippen LogP contribution in [0.25, 0.3) is 0 Å². The number of nitrogens with two attached hydrogens (primary N) is 1. The molecule has 1 aliphatic rings. The Morgan fingerprint density at radius 2 is 2.35 bits per heavy atom. The fourth-order valence-corrected chi connectivity index (χ4v) is 2.69. The molecule has 1 aromatic carbocycles. The van der Waals surface area contributed by atoms with E-state index in [1.165, 1.54) is 0 Å². The van der Waals surface area contributed by atoms with Crippen molar-refractivity contribution in [3.8, 4) is 0 Å². The molecule has 0 aromatic heterocycles. The second-order valence-corrected chi connectivity index (χ2v) is 5.25. The highest BCUT2D eigenvalue weighted by Crippen LogP contribution is 2.30. The highest BCUT2D eigenvalue weighted by Gasteiger charge is 2.24. The third kappa shape index (κ3) is 3.22. The number of hydrogen-bond acceptors (Lipinski definition) is 4. The number of rotatable bonds is 5. The third-order valence-corrected chi connectivity index (χ3v) is 3.79. The topological polar surface area (TPSA) is 78.6 Å². The molecule has 1 amide bonds. The molecule has 4 N–H and O–H groups in total. The molecule has 0 radical (unpaired) electrons. The molecule has 5 heteroatoms. The Morgan fingerprint density at radius 3 is 3.05 bits per heavy atom. The van der Waals surface area contributed by atoms with Gasteiger partial charge >= 0.3 is 0 Å². The SMILES string of the molecule is CCNC(=O)c1ccc(N)c(N2CCC(CCO)C2)c1. The monoisotopic (exact) mass is 277 g/mol. The zero-order valence-corrected chi connectivity index (χ0v) is 11.9. The predicted octanol–water partition coefficient (Wildman–Crippen LogP) is 1.23. The van der Waals surface area contributed by atoms with Gasteiger partial charge in [0.05, 0.1) is 11.4 Å². The number of nitrogen functional groups attached to an aromatic ring is 1. The van der Waals surface area contributed by atoms with Crippen molar-refractivity contribution in [2.24, 2.45) is 5.92 Å². The first-order valence-electron chi connectivity index (χ1n) is 7.19. The van der Waals surface area contributed by atoms with Crippen LogP contribution in [0.15, 0.2) is 18.2 Å². The molecule has 20 heavy (non-hydrogen) atoms. The molecule has 5 nitrogen and oxygen atoms in total. The summed E-state index contributed by atoms with van der Waals surface area (Å²) < 4.78 is 0. The summed E-state index contributed by atoms with van der Waals surface area (Å²) in [6.45, 7) is 4.56. The number of anilines is 2. The summed E-state index contributed by atoms with van der Waals surface area (Å²) in [5.41, 5.74) is 8.30. The molecule has 1 heterocycles. The summed E-state index contributed by atoms with van der Waals surface area (Å²) >= 11 is 0. The third-order valence-electron chi connectivity index (χ3n) is 3.79. The van der Waals surface area contributed by atoms with E-state index in [0.29, 0.717) is 23.7 Å². The van der Waals surface area contributed by atoms with Crippen molar-refractivity contribution in [2.45, 2.75) is 19.8 Å². The average molecular weight is 277 g/mol. The lowest BCUT2D eigenvalue weighted by Crippen LogP contribution is -2.25. The molecule has 2 rings (SSSR count). The van der Waals surface area contributed by atoms with Crippen molar-refractivity contribution in [3.63, 3.8) is 0 Å². The molecule has 1 saturated heterocycles. The molecule has 1 aliphatic heterocycles. The number of aliphatic hydroxyl groups excluding tert-OH is 1.